The average Bonchev–Trinajstić information content (AvgIpc) is 2.90. The molecule has 0 saturated heterocycles. The number of oxazole rings is 1. The molecule has 2 N–H and O–H groups in total. The van der Waals surface area contributed by atoms with Gasteiger partial charge < -0.3 is 14.9 Å². The monoisotopic (exact) mass is 300 g/mol. The van der Waals surface area contributed by atoms with Gasteiger partial charge in [0.1, 0.15) is 11.3 Å². The van der Waals surface area contributed by atoms with Crippen LogP contribution in [0.5, 0.6) is 5.75 Å². The van der Waals surface area contributed by atoms with Crippen LogP contribution in [0.25, 0.3) is 11.1 Å². The molecule has 0 aliphatic rings. The van der Waals surface area contributed by atoms with Crippen molar-refractivity contribution >= 4 is 28.5 Å². The Hall–Kier alpha value is -2.14. The van der Waals surface area contributed by atoms with E-state index in [1.165, 1.54) is 11.8 Å². The maximum absolute atomic E-state index is 6.15. The van der Waals surface area contributed by atoms with E-state index >= 15 is 0 Å². The lowest BCUT2D eigenvalue weighted by molar-refractivity contribution is 0.318. The molecule has 21 heavy (non-hydrogen) atoms. The molecule has 1 aromatic heterocycles. The molecule has 0 aliphatic carbocycles. The van der Waals surface area contributed by atoms with E-state index in [9.17, 15) is 0 Å². The van der Waals surface area contributed by atoms with Crippen molar-refractivity contribution in [3.63, 3.8) is 0 Å². The number of nitrogen functional groups attached to an aromatic ring is 1. The summed E-state index contributed by atoms with van der Waals surface area (Å²) in [6, 6.07) is 13.4. The largest absolute Gasteiger partial charge is 0.491 e. The lowest BCUT2D eigenvalue weighted by Gasteiger charge is -2.10. The van der Waals surface area contributed by atoms with E-state index in [0.29, 0.717) is 23.3 Å². The highest BCUT2D eigenvalue weighted by Gasteiger charge is 2.12. The molecule has 2 aromatic carbocycles. The first-order chi connectivity index (χ1) is 10.3. The lowest BCUT2D eigenvalue weighted by Crippen LogP contribution is -1.99. The highest BCUT2D eigenvalue weighted by molar-refractivity contribution is 7.99. The first-order valence-corrected chi connectivity index (χ1v) is 7.64. The van der Waals surface area contributed by atoms with Crippen molar-refractivity contribution in [2.45, 2.75) is 23.5 Å². The number of aromatic nitrogens is 1. The number of rotatable bonds is 5. The van der Waals surface area contributed by atoms with Gasteiger partial charge in [0, 0.05) is 4.90 Å². The summed E-state index contributed by atoms with van der Waals surface area (Å²) in [5, 5.41) is 0.579. The fraction of sp³-hybridized carbons (Fsp3) is 0.188. The first-order valence-electron chi connectivity index (χ1n) is 6.82. The van der Waals surface area contributed by atoms with E-state index in [4.69, 9.17) is 14.9 Å². The fourth-order valence-corrected chi connectivity index (χ4v) is 2.76. The molecule has 1 heterocycles. The number of hydrogen-bond acceptors (Lipinski definition) is 5. The molecule has 0 aliphatic heterocycles. The number of benzene rings is 2. The minimum atomic E-state index is 0.579. The van der Waals surface area contributed by atoms with Gasteiger partial charge in [0.05, 0.1) is 12.3 Å². The van der Waals surface area contributed by atoms with Gasteiger partial charge in [-0.05, 0) is 42.4 Å². The number of fused-ring (bicyclic) bond motifs is 1. The van der Waals surface area contributed by atoms with Crippen LogP contribution in [0.3, 0.4) is 0 Å². The second kappa shape index (κ2) is 6.10. The SMILES string of the molecule is CCCOc1cccc(Sc2nc3ccccc3o2)c1N. The van der Waals surface area contributed by atoms with Gasteiger partial charge in [-0.1, -0.05) is 25.1 Å². The van der Waals surface area contributed by atoms with Crippen LogP contribution in [0, 0.1) is 0 Å². The number of nitrogens with two attached hydrogens (primary N) is 1. The molecule has 0 saturated carbocycles. The Morgan fingerprint density at radius 2 is 2.05 bits per heavy atom. The summed E-state index contributed by atoms with van der Waals surface area (Å²) in [6.07, 6.45) is 0.946. The lowest BCUT2D eigenvalue weighted by atomic mass is 10.3. The molecule has 0 atom stereocenters. The second-order valence-corrected chi connectivity index (χ2v) is 5.56. The third-order valence-electron chi connectivity index (χ3n) is 2.96. The Morgan fingerprint density at radius 3 is 2.86 bits per heavy atom. The summed E-state index contributed by atoms with van der Waals surface area (Å²) in [6.45, 7) is 2.72. The van der Waals surface area contributed by atoms with E-state index in [1.54, 1.807) is 0 Å². The fourth-order valence-electron chi connectivity index (χ4n) is 1.94. The van der Waals surface area contributed by atoms with Crippen molar-refractivity contribution in [1.82, 2.24) is 4.98 Å². The average molecular weight is 300 g/mol. The predicted octanol–water partition coefficient (Wildman–Crippen LogP) is 4.35. The van der Waals surface area contributed by atoms with E-state index < -0.39 is 0 Å². The summed E-state index contributed by atoms with van der Waals surface area (Å²) >= 11 is 1.40. The Labute approximate surface area is 127 Å². The van der Waals surface area contributed by atoms with Gasteiger partial charge in [-0.2, -0.15) is 0 Å². The van der Waals surface area contributed by atoms with Gasteiger partial charge in [0.25, 0.3) is 5.22 Å². The van der Waals surface area contributed by atoms with Gasteiger partial charge in [0.15, 0.2) is 5.58 Å². The molecule has 4 nitrogen and oxygen atoms in total. The Morgan fingerprint density at radius 1 is 1.19 bits per heavy atom. The molecule has 0 unspecified atom stereocenters. The molecule has 0 radical (unpaired) electrons. The van der Waals surface area contributed by atoms with Crippen LogP contribution in [-0.2, 0) is 0 Å². The standard InChI is InChI=1S/C16H16N2O2S/c1-2-10-19-13-8-5-9-14(15(13)17)21-16-18-11-6-3-4-7-12(11)20-16/h3-9H,2,10,17H2,1H3. The minimum Gasteiger partial charge on any atom is -0.491 e. The van der Waals surface area contributed by atoms with E-state index in [1.807, 2.05) is 42.5 Å². The summed E-state index contributed by atoms with van der Waals surface area (Å²) in [4.78, 5) is 5.33. The first kappa shape index (κ1) is 13.8. The van der Waals surface area contributed by atoms with Crippen LogP contribution >= 0.6 is 11.8 Å². The summed E-state index contributed by atoms with van der Waals surface area (Å²) in [5.74, 6) is 0.706. The predicted molar refractivity (Wildman–Crippen MR) is 84.8 cm³/mol. The highest BCUT2D eigenvalue weighted by atomic mass is 32.2. The third-order valence-corrected chi connectivity index (χ3v) is 3.88. The summed E-state index contributed by atoms with van der Waals surface area (Å²) in [7, 11) is 0. The van der Waals surface area contributed by atoms with Crippen LogP contribution in [0.4, 0.5) is 5.69 Å². The quantitative estimate of drug-likeness (QED) is 0.710. The smallest absolute Gasteiger partial charge is 0.261 e. The molecule has 3 rings (SSSR count). The van der Waals surface area contributed by atoms with Gasteiger partial charge in [-0.25, -0.2) is 4.98 Å². The van der Waals surface area contributed by atoms with Crippen LogP contribution in [-0.4, -0.2) is 11.6 Å². The molecule has 0 amide bonds. The van der Waals surface area contributed by atoms with Crippen LogP contribution in [0.2, 0.25) is 0 Å². The van der Waals surface area contributed by atoms with Gasteiger partial charge in [0.2, 0.25) is 0 Å². The molecule has 108 valence electrons. The van der Waals surface area contributed by atoms with Crippen LogP contribution < -0.4 is 10.5 Å². The number of anilines is 1. The summed E-state index contributed by atoms with van der Waals surface area (Å²) < 4.78 is 11.3. The third kappa shape index (κ3) is 2.97. The van der Waals surface area contributed by atoms with Crippen molar-refractivity contribution in [1.29, 1.82) is 0 Å². The van der Waals surface area contributed by atoms with Crippen molar-refractivity contribution in [2.75, 3.05) is 12.3 Å². The van der Waals surface area contributed by atoms with Crippen LogP contribution in [0.1, 0.15) is 13.3 Å². The Kier molecular flexibility index (Phi) is 4.01. The number of ether oxygens (including phenoxy) is 1. The molecule has 3 aromatic rings. The maximum atomic E-state index is 6.15. The van der Waals surface area contributed by atoms with Gasteiger partial charge >= 0.3 is 0 Å². The highest BCUT2D eigenvalue weighted by Crippen LogP contribution is 2.37. The molecular weight excluding hydrogens is 284 g/mol. The van der Waals surface area contributed by atoms with E-state index in [0.717, 1.165) is 22.4 Å². The molecule has 0 bridgehead atoms. The zero-order valence-electron chi connectivity index (χ0n) is 11.7. The topological polar surface area (TPSA) is 61.3 Å². The van der Waals surface area contributed by atoms with Gasteiger partial charge in [-0.15, -0.1) is 0 Å². The zero-order chi connectivity index (χ0) is 14.7. The molecule has 0 spiro atoms. The van der Waals surface area contributed by atoms with Crippen molar-refractivity contribution in [3.8, 4) is 5.75 Å². The van der Waals surface area contributed by atoms with Gasteiger partial charge in [-0.3, -0.25) is 0 Å². The second-order valence-electron chi connectivity index (χ2n) is 4.57. The number of para-hydroxylation sites is 3. The Bertz CT molecular complexity index is 722. The molecule has 0 fully saturated rings. The normalized spacial score (nSPS) is 10.9. The number of hydrogen-bond donors (Lipinski definition) is 1. The van der Waals surface area contributed by atoms with Crippen molar-refractivity contribution < 1.29 is 9.15 Å². The van der Waals surface area contributed by atoms with E-state index in [2.05, 4.69) is 11.9 Å². The van der Waals surface area contributed by atoms with Crippen molar-refractivity contribution in [3.05, 3.63) is 42.5 Å². The minimum absolute atomic E-state index is 0.579. The molecule has 5 heteroatoms. The van der Waals surface area contributed by atoms with Crippen molar-refractivity contribution in [2.24, 2.45) is 0 Å². The Balaban J connectivity index is 1.87. The zero-order valence-corrected chi connectivity index (χ0v) is 12.5. The number of nitrogens with zero attached hydrogens (tertiary/aromatic N) is 1. The van der Waals surface area contributed by atoms with Crippen LogP contribution in [0.15, 0.2) is 57.0 Å². The van der Waals surface area contributed by atoms with E-state index in [-0.39, 0.29) is 0 Å². The summed E-state index contributed by atoms with van der Waals surface area (Å²) in [5.41, 5.74) is 8.39. The maximum Gasteiger partial charge on any atom is 0.261 e. The molecular formula is C16H16N2O2S.